The average Bonchev–Trinajstić information content (AvgIpc) is 2.65. The molecule has 6 heteroatoms. The number of methoxy groups -OCH3 is 1. The number of esters is 2. The second-order valence-corrected chi connectivity index (χ2v) is 5.32. The summed E-state index contributed by atoms with van der Waals surface area (Å²) in [5.41, 5.74) is 1.57. The fraction of sp³-hybridized carbons (Fsp3) is 0.263. The lowest BCUT2D eigenvalue weighted by Gasteiger charge is -2.11. The van der Waals surface area contributed by atoms with E-state index >= 15 is 0 Å². The predicted molar refractivity (Wildman–Crippen MR) is 89.7 cm³/mol. The molecule has 132 valence electrons. The Bertz CT molecular complexity index is 681. The molecule has 0 unspecified atom stereocenters. The Morgan fingerprint density at radius 1 is 0.920 bits per heavy atom. The van der Waals surface area contributed by atoms with Crippen LogP contribution in [0.1, 0.15) is 17.5 Å². The maximum absolute atomic E-state index is 11.7. The standard InChI is InChI=1S/C19H20O6/c1-23-16-9-7-15(8-10-16)12-24-18(21)11-17(20)19(22)25-13-14-5-3-2-4-6-14/h2-10,17,20H,11-13H2,1H3/t17-/m0/s1. The van der Waals surface area contributed by atoms with E-state index in [0.717, 1.165) is 11.1 Å². The summed E-state index contributed by atoms with van der Waals surface area (Å²) in [6, 6.07) is 16.1. The third kappa shape index (κ3) is 6.27. The van der Waals surface area contributed by atoms with Crippen LogP contribution in [0.15, 0.2) is 54.6 Å². The first-order valence-electron chi connectivity index (χ1n) is 7.75. The number of aliphatic hydroxyl groups excluding tert-OH is 1. The highest BCUT2D eigenvalue weighted by atomic mass is 16.6. The van der Waals surface area contributed by atoms with Crippen molar-refractivity contribution in [2.45, 2.75) is 25.7 Å². The van der Waals surface area contributed by atoms with Crippen LogP contribution in [0.5, 0.6) is 5.75 Å². The van der Waals surface area contributed by atoms with E-state index in [4.69, 9.17) is 14.2 Å². The molecule has 6 nitrogen and oxygen atoms in total. The molecule has 1 N–H and O–H groups in total. The summed E-state index contributed by atoms with van der Waals surface area (Å²) in [5, 5.41) is 9.74. The number of rotatable bonds is 8. The van der Waals surface area contributed by atoms with Crippen LogP contribution >= 0.6 is 0 Å². The minimum absolute atomic E-state index is 0.0393. The van der Waals surface area contributed by atoms with Crippen LogP contribution in [-0.2, 0) is 32.3 Å². The molecule has 0 aliphatic rings. The minimum Gasteiger partial charge on any atom is -0.497 e. The zero-order valence-electron chi connectivity index (χ0n) is 13.9. The van der Waals surface area contributed by atoms with Crippen molar-refractivity contribution in [3.8, 4) is 5.75 Å². The highest BCUT2D eigenvalue weighted by Crippen LogP contribution is 2.12. The van der Waals surface area contributed by atoms with Crippen LogP contribution in [0.3, 0.4) is 0 Å². The molecule has 0 amide bonds. The van der Waals surface area contributed by atoms with Crippen molar-refractivity contribution in [3.05, 3.63) is 65.7 Å². The SMILES string of the molecule is COc1ccc(COC(=O)C[C@H](O)C(=O)OCc2ccccc2)cc1. The maximum Gasteiger partial charge on any atom is 0.335 e. The van der Waals surface area contributed by atoms with E-state index < -0.39 is 24.5 Å². The van der Waals surface area contributed by atoms with E-state index in [-0.39, 0.29) is 13.2 Å². The van der Waals surface area contributed by atoms with Crippen LogP contribution in [0, 0.1) is 0 Å². The third-order valence-corrected chi connectivity index (χ3v) is 3.41. The van der Waals surface area contributed by atoms with E-state index in [1.54, 1.807) is 43.5 Å². The largest absolute Gasteiger partial charge is 0.497 e. The lowest BCUT2D eigenvalue weighted by Crippen LogP contribution is -2.26. The second kappa shape index (κ2) is 9.44. The van der Waals surface area contributed by atoms with Crippen LogP contribution in [0.25, 0.3) is 0 Å². The Kier molecular flexibility index (Phi) is 6.98. The number of carbonyl (C=O) groups excluding carboxylic acids is 2. The molecule has 0 bridgehead atoms. The van der Waals surface area contributed by atoms with E-state index in [1.807, 2.05) is 18.2 Å². The van der Waals surface area contributed by atoms with Gasteiger partial charge in [-0.15, -0.1) is 0 Å². The van der Waals surface area contributed by atoms with Gasteiger partial charge < -0.3 is 19.3 Å². The maximum atomic E-state index is 11.7. The molecule has 0 spiro atoms. The molecule has 2 aromatic rings. The molecule has 0 aliphatic heterocycles. The van der Waals surface area contributed by atoms with Gasteiger partial charge in [0.2, 0.25) is 0 Å². The van der Waals surface area contributed by atoms with Crippen LogP contribution in [0.4, 0.5) is 0 Å². The predicted octanol–water partition coefficient (Wildman–Crippen LogP) is 2.23. The summed E-state index contributed by atoms with van der Waals surface area (Å²) in [4.78, 5) is 23.4. The fourth-order valence-electron chi connectivity index (χ4n) is 2.01. The molecule has 0 heterocycles. The summed E-state index contributed by atoms with van der Waals surface area (Å²) in [5.74, 6) is -0.836. The lowest BCUT2D eigenvalue weighted by atomic mass is 10.2. The zero-order valence-corrected chi connectivity index (χ0v) is 13.9. The van der Waals surface area contributed by atoms with Gasteiger partial charge in [-0.2, -0.15) is 0 Å². The van der Waals surface area contributed by atoms with Gasteiger partial charge in [0.1, 0.15) is 19.0 Å². The number of hydrogen-bond acceptors (Lipinski definition) is 6. The summed E-state index contributed by atoms with van der Waals surface area (Å²) in [7, 11) is 1.56. The lowest BCUT2D eigenvalue weighted by molar-refractivity contribution is -0.161. The van der Waals surface area contributed by atoms with E-state index in [2.05, 4.69) is 0 Å². The van der Waals surface area contributed by atoms with Gasteiger partial charge >= 0.3 is 11.9 Å². The second-order valence-electron chi connectivity index (χ2n) is 5.32. The smallest absolute Gasteiger partial charge is 0.335 e. The van der Waals surface area contributed by atoms with Gasteiger partial charge in [0.25, 0.3) is 0 Å². The molecule has 0 fully saturated rings. The topological polar surface area (TPSA) is 82.1 Å². The number of aliphatic hydroxyl groups is 1. The van der Waals surface area contributed by atoms with Gasteiger partial charge in [-0.25, -0.2) is 4.79 Å². The highest BCUT2D eigenvalue weighted by Gasteiger charge is 2.21. The first-order chi connectivity index (χ1) is 12.1. The first-order valence-corrected chi connectivity index (χ1v) is 7.75. The third-order valence-electron chi connectivity index (χ3n) is 3.41. The molecule has 0 saturated heterocycles. The van der Waals surface area contributed by atoms with E-state index in [1.165, 1.54) is 0 Å². The Labute approximate surface area is 146 Å². The normalized spacial score (nSPS) is 11.4. The number of ether oxygens (including phenoxy) is 3. The molecule has 25 heavy (non-hydrogen) atoms. The van der Waals surface area contributed by atoms with Crippen molar-refractivity contribution in [2.24, 2.45) is 0 Å². The molecular formula is C19H20O6. The summed E-state index contributed by atoms with van der Waals surface area (Å²) in [6.45, 7) is 0.0895. The molecule has 0 aromatic heterocycles. The van der Waals surface area contributed by atoms with Gasteiger partial charge in [-0.3, -0.25) is 4.79 Å². The quantitative estimate of drug-likeness (QED) is 0.740. The fourth-order valence-corrected chi connectivity index (χ4v) is 2.01. The van der Waals surface area contributed by atoms with Gasteiger partial charge in [-0.05, 0) is 23.3 Å². The van der Waals surface area contributed by atoms with E-state index in [0.29, 0.717) is 5.75 Å². The summed E-state index contributed by atoms with van der Waals surface area (Å²) < 4.78 is 15.0. The number of benzene rings is 2. The Balaban J connectivity index is 1.72. The zero-order chi connectivity index (χ0) is 18.1. The van der Waals surface area contributed by atoms with Crippen molar-refractivity contribution in [1.82, 2.24) is 0 Å². The number of carbonyl (C=O) groups is 2. The van der Waals surface area contributed by atoms with Gasteiger partial charge in [-0.1, -0.05) is 42.5 Å². The van der Waals surface area contributed by atoms with Crippen molar-refractivity contribution in [3.63, 3.8) is 0 Å². The monoisotopic (exact) mass is 344 g/mol. The van der Waals surface area contributed by atoms with E-state index in [9.17, 15) is 14.7 Å². The summed E-state index contributed by atoms with van der Waals surface area (Å²) in [6.07, 6.45) is -2.00. The Morgan fingerprint density at radius 3 is 2.16 bits per heavy atom. The molecular weight excluding hydrogens is 324 g/mol. The highest BCUT2D eigenvalue weighted by molar-refractivity contribution is 5.81. The molecule has 2 aromatic carbocycles. The van der Waals surface area contributed by atoms with Crippen molar-refractivity contribution in [2.75, 3.05) is 7.11 Å². The minimum atomic E-state index is -1.55. The van der Waals surface area contributed by atoms with Gasteiger partial charge in [0, 0.05) is 0 Å². The van der Waals surface area contributed by atoms with Crippen molar-refractivity contribution < 1.29 is 28.9 Å². The van der Waals surface area contributed by atoms with Crippen LogP contribution < -0.4 is 4.74 Å². The first kappa shape index (κ1) is 18.5. The van der Waals surface area contributed by atoms with Crippen molar-refractivity contribution >= 4 is 11.9 Å². The molecule has 1 atom stereocenters. The molecule has 0 saturated carbocycles. The van der Waals surface area contributed by atoms with Gasteiger partial charge in [0.05, 0.1) is 13.5 Å². The van der Waals surface area contributed by atoms with Crippen LogP contribution in [0.2, 0.25) is 0 Å². The number of hydrogen-bond donors (Lipinski definition) is 1. The van der Waals surface area contributed by atoms with Gasteiger partial charge in [0.15, 0.2) is 6.10 Å². The molecule has 0 aliphatic carbocycles. The molecule has 2 rings (SSSR count). The average molecular weight is 344 g/mol. The van der Waals surface area contributed by atoms with Crippen molar-refractivity contribution in [1.29, 1.82) is 0 Å². The summed E-state index contributed by atoms with van der Waals surface area (Å²) >= 11 is 0. The van der Waals surface area contributed by atoms with Crippen LogP contribution in [-0.4, -0.2) is 30.3 Å². The Hall–Kier alpha value is -2.86. The Morgan fingerprint density at radius 2 is 1.52 bits per heavy atom. The molecule has 0 radical (unpaired) electrons.